The lowest BCUT2D eigenvalue weighted by molar-refractivity contribution is 0.0828. The average Bonchev–Trinajstić information content (AvgIpc) is 2.93. The fourth-order valence-electron chi connectivity index (χ4n) is 1.80. The molecule has 0 saturated heterocycles. The number of amides is 1. The normalized spacial score (nSPS) is 10.8. The lowest BCUT2D eigenvalue weighted by Gasteiger charge is -2.11. The van der Waals surface area contributed by atoms with Crippen molar-refractivity contribution in [2.24, 2.45) is 0 Å². The van der Waals surface area contributed by atoms with Gasteiger partial charge >= 0.3 is 0 Å². The SMILES string of the molecule is CN(C)C(=O)c1cn[nH]c1NCc1ccc(SC(F)F)cc1. The number of nitrogens with one attached hydrogen (secondary N) is 2. The smallest absolute Gasteiger partial charge is 0.288 e. The van der Waals surface area contributed by atoms with Gasteiger partial charge in [0.25, 0.3) is 11.7 Å². The maximum Gasteiger partial charge on any atom is 0.288 e. The summed E-state index contributed by atoms with van der Waals surface area (Å²) in [5, 5.41) is 9.69. The van der Waals surface area contributed by atoms with Crippen LogP contribution in [0.1, 0.15) is 15.9 Å². The summed E-state index contributed by atoms with van der Waals surface area (Å²) in [5.74, 6) is -2.04. The molecule has 0 atom stereocenters. The molecular weight excluding hydrogens is 310 g/mol. The van der Waals surface area contributed by atoms with Gasteiger partial charge in [-0.05, 0) is 17.7 Å². The zero-order valence-corrected chi connectivity index (χ0v) is 13.0. The van der Waals surface area contributed by atoms with Crippen molar-refractivity contribution >= 4 is 23.5 Å². The topological polar surface area (TPSA) is 61.0 Å². The van der Waals surface area contributed by atoms with E-state index >= 15 is 0 Å². The highest BCUT2D eigenvalue weighted by atomic mass is 32.2. The van der Waals surface area contributed by atoms with Crippen LogP contribution in [0.4, 0.5) is 14.6 Å². The summed E-state index contributed by atoms with van der Waals surface area (Å²) in [5.41, 5.74) is 1.37. The molecule has 0 spiro atoms. The van der Waals surface area contributed by atoms with Crippen LogP contribution in [0.15, 0.2) is 35.4 Å². The Balaban J connectivity index is 1.99. The van der Waals surface area contributed by atoms with Gasteiger partial charge in [0.05, 0.1) is 6.20 Å². The molecule has 2 N–H and O–H groups in total. The summed E-state index contributed by atoms with van der Waals surface area (Å²) < 4.78 is 24.5. The standard InChI is InChI=1S/C14H16F2N4OS/c1-20(2)13(21)11-8-18-19-12(11)17-7-9-3-5-10(6-4-9)22-14(15)16/h3-6,8,14H,7H2,1-2H3,(H2,17,18,19). The summed E-state index contributed by atoms with van der Waals surface area (Å²) in [6, 6.07) is 6.82. The summed E-state index contributed by atoms with van der Waals surface area (Å²) in [6.45, 7) is 0.454. The van der Waals surface area contributed by atoms with E-state index in [-0.39, 0.29) is 5.91 Å². The van der Waals surface area contributed by atoms with E-state index in [0.717, 1.165) is 5.56 Å². The third-order valence-corrected chi connectivity index (χ3v) is 3.62. The maximum atomic E-state index is 12.2. The number of halogens is 2. The molecule has 0 bridgehead atoms. The fourth-order valence-corrected chi connectivity index (χ4v) is 2.30. The molecule has 2 rings (SSSR count). The number of aromatic nitrogens is 2. The summed E-state index contributed by atoms with van der Waals surface area (Å²) in [6.07, 6.45) is 1.47. The third-order valence-electron chi connectivity index (χ3n) is 2.89. The Morgan fingerprint density at radius 1 is 1.36 bits per heavy atom. The van der Waals surface area contributed by atoms with Gasteiger partial charge in [-0.15, -0.1) is 0 Å². The number of rotatable bonds is 6. The first kappa shape index (κ1) is 16.3. The zero-order valence-electron chi connectivity index (χ0n) is 12.1. The minimum absolute atomic E-state index is 0.153. The minimum Gasteiger partial charge on any atom is -0.366 e. The molecule has 0 fully saturated rings. The lowest BCUT2D eigenvalue weighted by Crippen LogP contribution is -2.22. The molecule has 118 valence electrons. The van der Waals surface area contributed by atoms with Crippen LogP contribution in [-0.4, -0.2) is 40.9 Å². The van der Waals surface area contributed by atoms with Gasteiger partial charge in [0.1, 0.15) is 11.4 Å². The van der Waals surface area contributed by atoms with Gasteiger partial charge in [-0.25, -0.2) is 0 Å². The highest BCUT2D eigenvalue weighted by molar-refractivity contribution is 7.99. The first-order chi connectivity index (χ1) is 10.5. The van der Waals surface area contributed by atoms with Crippen LogP contribution in [0.2, 0.25) is 0 Å². The predicted molar refractivity (Wildman–Crippen MR) is 82.2 cm³/mol. The highest BCUT2D eigenvalue weighted by Gasteiger charge is 2.15. The summed E-state index contributed by atoms with van der Waals surface area (Å²) >= 11 is 0.512. The molecule has 0 radical (unpaired) electrons. The van der Waals surface area contributed by atoms with Gasteiger partial charge < -0.3 is 10.2 Å². The number of carbonyl (C=O) groups excluding carboxylic acids is 1. The Morgan fingerprint density at radius 3 is 2.64 bits per heavy atom. The Labute approximate surface area is 131 Å². The molecule has 8 heteroatoms. The number of thioether (sulfide) groups is 1. The number of H-pyrrole nitrogens is 1. The van der Waals surface area contributed by atoms with Gasteiger partial charge in [-0.1, -0.05) is 23.9 Å². The van der Waals surface area contributed by atoms with Crippen LogP contribution >= 0.6 is 11.8 Å². The second-order valence-electron chi connectivity index (χ2n) is 4.73. The van der Waals surface area contributed by atoms with Crippen LogP contribution < -0.4 is 5.32 Å². The number of carbonyl (C=O) groups is 1. The Kier molecular flexibility index (Phi) is 5.37. The van der Waals surface area contributed by atoms with E-state index in [0.29, 0.717) is 34.6 Å². The van der Waals surface area contributed by atoms with Crippen LogP contribution in [0.5, 0.6) is 0 Å². The van der Waals surface area contributed by atoms with Crippen molar-refractivity contribution in [3.8, 4) is 0 Å². The molecule has 0 unspecified atom stereocenters. The first-order valence-electron chi connectivity index (χ1n) is 6.50. The van der Waals surface area contributed by atoms with Gasteiger partial charge in [0.15, 0.2) is 0 Å². The fraction of sp³-hybridized carbons (Fsp3) is 0.286. The van der Waals surface area contributed by atoms with Gasteiger partial charge in [-0.3, -0.25) is 9.89 Å². The number of alkyl halides is 2. The van der Waals surface area contributed by atoms with Crippen LogP contribution in [-0.2, 0) is 6.54 Å². The minimum atomic E-state index is -2.42. The average molecular weight is 326 g/mol. The van der Waals surface area contributed by atoms with Crippen molar-refractivity contribution in [3.63, 3.8) is 0 Å². The number of anilines is 1. The van der Waals surface area contributed by atoms with E-state index in [2.05, 4.69) is 15.5 Å². The highest BCUT2D eigenvalue weighted by Crippen LogP contribution is 2.25. The van der Waals surface area contributed by atoms with Crippen molar-refractivity contribution in [3.05, 3.63) is 41.6 Å². The van der Waals surface area contributed by atoms with Crippen molar-refractivity contribution < 1.29 is 13.6 Å². The van der Waals surface area contributed by atoms with Crippen molar-refractivity contribution in [2.45, 2.75) is 17.2 Å². The Hall–Kier alpha value is -2.09. The van der Waals surface area contributed by atoms with Gasteiger partial charge in [0.2, 0.25) is 0 Å². The van der Waals surface area contributed by atoms with E-state index in [9.17, 15) is 13.6 Å². The molecular formula is C14H16F2N4OS. The summed E-state index contributed by atoms with van der Waals surface area (Å²) in [7, 11) is 3.33. The molecule has 5 nitrogen and oxygen atoms in total. The number of hydrogen-bond acceptors (Lipinski definition) is 4. The zero-order chi connectivity index (χ0) is 16.1. The second-order valence-corrected chi connectivity index (χ2v) is 5.80. The molecule has 0 aliphatic rings. The molecule has 0 saturated carbocycles. The van der Waals surface area contributed by atoms with E-state index in [4.69, 9.17) is 0 Å². The van der Waals surface area contributed by atoms with Crippen LogP contribution in [0, 0.1) is 0 Å². The summed E-state index contributed by atoms with van der Waals surface area (Å²) in [4.78, 5) is 13.9. The molecule has 1 amide bonds. The molecule has 1 heterocycles. The number of nitrogens with zero attached hydrogens (tertiary/aromatic N) is 2. The van der Waals surface area contributed by atoms with E-state index < -0.39 is 5.76 Å². The van der Waals surface area contributed by atoms with Crippen molar-refractivity contribution in [2.75, 3.05) is 19.4 Å². The second kappa shape index (κ2) is 7.26. The van der Waals surface area contributed by atoms with Gasteiger partial charge in [0, 0.05) is 25.5 Å². The largest absolute Gasteiger partial charge is 0.366 e. The van der Waals surface area contributed by atoms with Crippen LogP contribution in [0.3, 0.4) is 0 Å². The third kappa shape index (κ3) is 4.20. The lowest BCUT2D eigenvalue weighted by atomic mass is 10.2. The monoisotopic (exact) mass is 326 g/mol. The molecule has 0 aliphatic heterocycles. The van der Waals surface area contributed by atoms with Crippen molar-refractivity contribution in [1.29, 1.82) is 0 Å². The van der Waals surface area contributed by atoms with Gasteiger partial charge in [-0.2, -0.15) is 13.9 Å². The predicted octanol–water partition coefficient (Wildman–Crippen LogP) is 3.04. The Bertz CT molecular complexity index is 628. The molecule has 22 heavy (non-hydrogen) atoms. The molecule has 2 aromatic rings. The van der Waals surface area contributed by atoms with E-state index in [1.54, 1.807) is 38.4 Å². The van der Waals surface area contributed by atoms with E-state index in [1.807, 2.05) is 0 Å². The first-order valence-corrected chi connectivity index (χ1v) is 7.38. The number of hydrogen-bond donors (Lipinski definition) is 2. The van der Waals surface area contributed by atoms with Crippen molar-refractivity contribution in [1.82, 2.24) is 15.1 Å². The number of benzene rings is 1. The quantitative estimate of drug-likeness (QED) is 0.801. The molecule has 1 aromatic heterocycles. The molecule has 1 aromatic carbocycles. The van der Waals surface area contributed by atoms with E-state index in [1.165, 1.54) is 11.1 Å². The number of aromatic amines is 1. The van der Waals surface area contributed by atoms with Crippen LogP contribution in [0.25, 0.3) is 0 Å². The maximum absolute atomic E-state index is 12.2. The Morgan fingerprint density at radius 2 is 2.05 bits per heavy atom. The molecule has 0 aliphatic carbocycles.